The van der Waals surface area contributed by atoms with Gasteiger partial charge < -0.3 is 9.80 Å². The van der Waals surface area contributed by atoms with Crippen LogP contribution in [0.4, 0.5) is 24.8 Å². The number of nitrogens with zero attached hydrogens (tertiary/aromatic N) is 6. The molecule has 3 heterocycles. The van der Waals surface area contributed by atoms with Crippen molar-refractivity contribution < 1.29 is 13.2 Å². The van der Waals surface area contributed by atoms with Gasteiger partial charge in [-0.3, -0.25) is 0 Å². The van der Waals surface area contributed by atoms with E-state index in [4.69, 9.17) is 5.26 Å². The van der Waals surface area contributed by atoms with E-state index in [1.807, 2.05) is 4.90 Å². The first-order valence-corrected chi connectivity index (χ1v) is 7.22. The minimum absolute atomic E-state index is 0.260. The number of aromatic nitrogens is 3. The SMILES string of the molecule is N#Cc1ccnc(N2CCN(c3cc(C(F)(F)F)ncn3)CC2)c1. The molecule has 0 spiro atoms. The van der Waals surface area contributed by atoms with E-state index in [2.05, 4.69) is 21.0 Å². The lowest BCUT2D eigenvalue weighted by atomic mass is 10.2. The van der Waals surface area contributed by atoms with Crippen molar-refractivity contribution in [2.75, 3.05) is 36.0 Å². The predicted octanol–water partition coefficient (Wildman–Crippen LogP) is 2.09. The van der Waals surface area contributed by atoms with Crippen LogP contribution in [0.1, 0.15) is 11.3 Å². The summed E-state index contributed by atoms with van der Waals surface area (Å²) in [5, 5.41) is 8.93. The maximum absolute atomic E-state index is 12.7. The van der Waals surface area contributed by atoms with Crippen molar-refractivity contribution in [3.8, 4) is 6.07 Å². The zero-order chi connectivity index (χ0) is 17.2. The fourth-order valence-electron chi connectivity index (χ4n) is 2.50. The highest BCUT2D eigenvalue weighted by molar-refractivity contribution is 5.48. The average Bonchev–Trinajstić information content (AvgIpc) is 2.61. The first kappa shape index (κ1) is 16.0. The molecule has 24 heavy (non-hydrogen) atoms. The van der Waals surface area contributed by atoms with Crippen LogP contribution in [0.15, 0.2) is 30.7 Å². The summed E-state index contributed by atoms with van der Waals surface area (Å²) >= 11 is 0. The summed E-state index contributed by atoms with van der Waals surface area (Å²) in [7, 11) is 0. The van der Waals surface area contributed by atoms with Crippen molar-refractivity contribution in [3.05, 3.63) is 42.0 Å². The molecule has 0 bridgehead atoms. The summed E-state index contributed by atoms with van der Waals surface area (Å²) in [6.45, 7) is 2.17. The fraction of sp³-hybridized carbons (Fsp3) is 0.333. The molecular formula is C15H13F3N6. The third-order valence-corrected chi connectivity index (χ3v) is 3.75. The number of hydrogen-bond donors (Lipinski definition) is 0. The molecule has 1 fully saturated rings. The van der Waals surface area contributed by atoms with Crippen molar-refractivity contribution >= 4 is 11.6 Å². The van der Waals surface area contributed by atoms with Crippen LogP contribution >= 0.6 is 0 Å². The number of pyridine rings is 1. The maximum Gasteiger partial charge on any atom is 0.433 e. The Labute approximate surface area is 136 Å². The Morgan fingerprint density at radius 2 is 1.58 bits per heavy atom. The van der Waals surface area contributed by atoms with Gasteiger partial charge in [0.2, 0.25) is 0 Å². The molecule has 9 heteroatoms. The van der Waals surface area contributed by atoms with Gasteiger partial charge in [0.15, 0.2) is 0 Å². The lowest BCUT2D eigenvalue weighted by Gasteiger charge is -2.36. The zero-order valence-electron chi connectivity index (χ0n) is 12.5. The number of nitriles is 1. The largest absolute Gasteiger partial charge is 0.433 e. The zero-order valence-corrected chi connectivity index (χ0v) is 12.5. The summed E-state index contributed by atoms with van der Waals surface area (Å²) in [4.78, 5) is 15.2. The van der Waals surface area contributed by atoms with Gasteiger partial charge >= 0.3 is 6.18 Å². The summed E-state index contributed by atoms with van der Waals surface area (Å²) in [5.41, 5.74) is -0.425. The first-order chi connectivity index (χ1) is 11.5. The van der Waals surface area contributed by atoms with Gasteiger partial charge in [-0.25, -0.2) is 15.0 Å². The molecule has 3 rings (SSSR count). The monoisotopic (exact) mass is 334 g/mol. The highest BCUT2D eigenvalue weighted by Gasteiger charge is 2.33. The minimum Gasteiger partial charge on any atom is -0.353 e. The molecule has 2 aromatic rings. The molecule has 1 aliphatic heterocycles. The minimum atomic E-state index is -4.48. The molecular weight excluding hydrogens is 321 g/mol. The normalized spacial score (nSPS) is 15.2. The Morgan fingerprint density at radius 3 is 2.17 bits per heavy atom. The van der Waals surface area contributed by atoms with Crippen LogP contribution in [0.3, 0.4) is 0 Å². The number of halogens is 3. The van der Waals surface area contributed by atoms with Gasteiger partial charge in [-0.05, 0) is 12.1 Å². The molecule has 2 aromatic heterocycles. The van der Waals surface area contributed by atoms with Gasteiger partial charge in [-0.2, -0.15) is 18.4 Å². The van der Waals surface area contributed by atoms with E-state index >= 15 is 0 Å². The Balaban J connectivity index is 1.70. The number of alkyl halides is 3. The number of anilines is 2. The predicted molar refractivity (Wildman–Crippen MR) is 80.4 cm³/mol. The van der Waals surface area contributed by atoms with E-state index in [1.165, 1.54) is 0 Å². The molecule has 0 saturated carbocycles. The van der Waals surface area contributed by atoms with Crippen molar-refractivity contribution in [1.29, 1.82) is 5.26 Å². The van der Waals surface area contributed by atoms with Crippen LogP contribution in [-0.4, -0.2) is 41.1 Å². The smallest absolute Gasteiger partial charge is 0.353 e. The van der Waals surface area contributed by atoms with Gasteiger partial charge in [-0.15, -0.1) is 0 Å². The van der Waals surface area contributed by atoms with Gasteiger partial charge in [0.05, 0.1) is 11.6 Å². The average molecular weight is 334 g/mol. The van der Waals surface area contributed by atoms with Gasteiger partial charge in [0, 0.05) is 38.4 Å². The Morgan fingerprint density at radius 1 is 0.958 bits per heavy atom. The fourth-order valence-corrected chi connectivity index (χ4v) is 2.50. The summed E-state index contributed by atoms with van der Waals surface area (Å²) in [5.74, 6) is 0.947. The van der Waals surface area contributed by atoms with Crippen molar-refractivity contribution in [2.24, 2.45) is 0 Å². The van der Waals surface area contributed by atoms with E-state index in [0.29, 0.717) is 37.6 Å². The van der Waals surface area contributed by atoms with Crippen molar-refractivity contribution in [2.45, 2.75) is 6.18 Å². The Kier molecular flexibility index (Phi) is 4.20. The maximum atomic E-state index is 12.7. The third kappa shape index (κ3) is 3.37. The number of rotatable bonds is 2. The van der Waals surface area contributed by atoms with Crippen molar-refractivity contribution in [1.82, 2.24) is 15.0 Å². The number of piperazine rings is 1. The standard InChI is InChI=1S/C15H13F3N6/c16-15(17,18)12-8-14(22-10-21-12)24-5-3-23(4-6-24)13-7-11(9-19)1-2-20-13/h1-2,7-8,10H,3-6H2. The number of hydrogen-bond acceptors (Lipinski definition) is 6. The van der Waals surface area contributed by atoms with Crippen LogP contribution in [0.25, 0.3) is 0 Å². The van der Waals surface area contributed by atoms with E-state index in [0.717, 1.165) is 12.4 Å². The summed E-state index contributed by atoms with van der Waals surface area (Å²) < 4.78 is 38.2. The van der Waals surface area contributed by atoms with Gasteiger partial charge in [0.25, 0.3) is 0 Å². The van der Waals surface area contributed by atoms with Gasteiger partial charge in [0.1, 0.15) is 23.7 Å². The molecule has 0 atom stereocenters. The van der Waals surface area contributed by atoms with Gasteiger partial charge in [-0.1, -0.05) is 0 Å². The van der Waals surface area contributed by atoms with E-state index in [-0.39, 0.29) is 5.82 Å². The summed E-state index contributed by atoms with van der Waals surface area (Å²) in [6.07, 6.45) is -1.98. The van der Waals surface area contributed by atoms with Crippen LogP contribution in [0, 0.1) is 11.3 Å². The third-order valence-electron chi connectivity index (χ3n) is 3.75. The quantitative estimate of drug-likeness (QED) is 0.838. The van der Waals surface area contributed by atoms with Crippen LogP contribution in [0.2, 0.25) is 0 Å². The molecule has 0 aliphatic carbocycles. The highest BCUT2D eigenvalue weighted by atomic mass is 19.4. The molecule has 0 unspecified atom stereocenters. The first-order valence-electron chi connectivity index (χ1n) is 7.22. The van der Waals surface area contributed by atoms with Crippen LogP contribution < -0.4 is 9.80 Å². The molecule has 0 amide bonds. The Bertz CT molecular complexity index is 762. The molecule has 0 N–H and O–H groups in total. The van der Waals surface area contributed by atoms with E-state index in [9.17, 15) is 13.2 Å². The lowest BCUT2D eigenvalue weighted by Crippen LogP contribution is -2.47. The molecule has 6 nitrogen and oxygen atoms in total. The second-order valence-electron chi connectivity index (χ2n) is 5.25. The molecule has 1 aliphatic rings. The van der Waals surface area contributed by atoms with Crippen molar-refractivity contribution in [3.63, 3.8) is 0 Å². The van der Waals surface area contributed by atoms with E-state index in [1.54, 1.807) is 23.2 Å². The second-order valence-corrected chi connectivity index (χ2v) is 5.25. The second kappa shape index (κ2) is 6.31. The molecule has 0 radical (unpaired) electrons. The molecule has 0 aromatic carbocycles. The van der Waals surface area contributed by atoms with Crippen LogP contribution in [0.5, 0.6) is 0 Å². The Hall–Kier alpha value is -2.89. The lowest BCUT2D eigenvalue weighted by molar-refractivity contribution is -0.141. The molecule has 124 valence electrons. The highest BCUT2D eigenvalue weighted by Crippen LogP contribution is 2.29. The molecule has 1 saturated heterocycles. The van der Waals surface area contributed by atoms with Crippen LogP contribution in [-0.2, 0) is 6.18 Å². The summed E-state index contributed by atoms with van der Waals surface area (Å²) in [6, 6.07) is 6.34. The van der Waals surface area contributed by atoms with E-state index < -0.39 is 11.9 Å². The topological polar surface area (TPSA) is 68.9 Å².